The monoisotopic (exact) mass is 319 g/mol. The number of carbonyl (C=O) groups excluding carboxylic acids is 3. The molecule has 1 aromatic carbocycles. The summed E-state index contributed by atoms with van der Waals surface area (Å²) in [5.74, 6) is -0.596. The minimum Gasteiger partial charge on any atom is -0.368 e. The molecule has 23 heavy (non-hydrogen) atoms. The lowest BCUT2D eigenvalue weighted by Crippen LogP contribution is -2.48. The van der Waals surface area contributed by atoms with Crippen LogP contribution in [0.25, 0.3) is 0 Å². The molecule has 1 aliphatic heterocycles. The molecular formula is C16H21N3O4. The van der Waals surface area contributed by atoms with Crippen LogP contribution in [0.1, 0.15) is 30.1 Å². The minimum absolute atomic E-state index is 0.0118. The van der Waals surface area contributed by atoms with Gasteiger partial charge in [-0.15, -0.1) is 0 Å². The zero-order chi connectivity index (χ0) is 16.8. The second kappa shape index (κ2) is 7.73. The number of nitrogens with one attached hydrogen (secondary N) is 1. The zero-order valence-electron chi connectivity index (χ0n) is 13.1. The Hall–Kier alpha value is -2.41. The first-order valence-corrected chi connectivity index (χ1v) is 7.58. The van der Waals surface area contributed by atoms with Crippen molar-refractivity contribution in [1.82, 2.24) is 10.4 Å². The molecular weight excluding hydrogens is 298 g/mol. The van der Waals surface area contributed by atoms with Crippen LogP contribution >= 0.6 is 0 Å². The number of hydrogen-bond donors (Lipinski definition) is 2. The lowest BCUT2D eigenvalue weighted by atomic mass is 10.1. The van der Waals surface area contributed by atoms with Crippen LogP contribution in [-0.4, -0.2) is 53.9 Å². The van der Waals surface area contributed by atoms with Crippen molar-refractivity contribution in [3.63, 3.8) is 0 Å². The highest BCUT2D eigenvalue weighted by molar-refractivity contribution is 5.94. The number of carbonyl (C=O) groups is 3. The number of Topliss-reactive ketones (excluding diaryl/α,β-unsaturated/α-hetero) is 1. The van der Waals surface area contributed by atoms with Crippen molar-refractivity contribution in [2.45, 2.75) is 19.8 Å². The Morgan fingerprint density at radius 2 is 1.65 bits per heavy atom. The summed E-state index contributed by atoms with van der Waals surface area (Å²) in [6.07, 6.45) is 0.0851. The smallest absolute Gasteiger partial charge is 0.243 e. The molecule has 0 saturated carbocycles. The predicted molar refractivity (Wildman–Crippen MR) is 84.4 cm³/mol. The maximum Gasteiger partial charge on any atom is 0.243 e. The molecule has 1 aliphatic rings. The molecule has 0 aliphatic carbocycles. The van der Waals surface area contributed by atoms with Gasteiger partial charge in [-0.3, -0.25) is 19.6 Å². The van der Waals surface area contributed by atoms with Crippen molar-refractivity contribution in [3.05, 3.63) is 29.8 Å². The van der Waals surface area contributed by atoms with E-state index in [-0.39, 0.29) is 24.5 Å². The lowest BCUT2D eigenvalue weighted by molar-refractivity contribution is -0.136. The van der Waals surface area contributed by atoms with Crippen LogP contribution in [-0.2, 0) is 9.59 Å². The maximum absolute atomic E-state index is 12.0. The Balaban J connectivity index is 1.84. The first-order valence-electron chi connectivity index (χ1n) is 7.58. The molecule has 0 atom stereocenters. The molecule has 0 spiro atoms. The van der Waals surface area contributed by atoms with E-state index >= 15 is 0 Å². The van der Waals surface area contributed by atoms with Crippen LogP contribution in [0.3, 0.4) is 0 Å². The number of anilines is 1. The molecule has 1 fully saturated rings. The van der Waals surface area contributed by atoms with E-state index < -0.39 is 5.91 Å². The second-order valence-electron chi connectivity index (χ2n) is 5.51. The molecule has 1 aromatic rings. The van der Waals surface area contributed by atoms with Crippen molar-refractivity contribution in [2.24, 2.45) is 0 Å². The fourth-order valence-electron chi connectivity index (χ4n) is 2.56. The largest absolute Gasteiger partial charge is 0.368 e. The summed E-state index contributed by atoms with van der Waals surface area (Å²) in [6.45, 7) is 4.13. The van der Waals surface area contributed by atoms with E-state index in [0.29, 0.717) is 31.7 Å². The van der Waals surface area contributed by atoms with Gasteiger partial charge in [0.1, 0.15) is 0 Å². The van der Waals surface area contributed by atoms with E-state index in [9.17, 15) is 14.4 Å². The molecule has 0 aromatic heterocycles. The lowest BCUT2D eigenvalue weighted by Gasteiger charge is -2.36. The third-order valence-corrected chi connectivity index (χ3v) is 3.96. The van der Waals surface area contributed by atoms with Crippen LogP contribution in [0, 0.1) is 0 Å². The normalized spacial score (nSPS) is 14.5. The first-order chi connectivity index (χ1) is 11.0. The molecule has 1 saturated heterocycles. The number of hydrogen-bond acceptors (Lipinski definition) is 5. The van der Waals surface area contributed by atoms with Crippen LogP contribution in [0.4, 0.5) is 5.69 Å². The summed E-state index contributed by atoms with van der Waals surface area (Å²) in [4.78, 5) is 38.1. The van der Waals surface area contributed by atoms with Gasteiger partial charge in [-0.25, -0.2) is 5.48 Å². The Morgan fingerprint density at radius 1 is 1.04 bits per heavy atom. The van der Waals surface area contributed by atoms with Gasteiger partial charge in [0.15, 0.2) is 5.78 Å². The molecule has 2 N–H and O–H groups in total. The number of amides is 2. The summed E-state index contributed by atoms with van der Waals surface area (Å²) in [6, 6.07) is 7.45. The number of nitrogens with zero attached hydrogens (tertiary/aromatic N) is 2. The first kappa shape index (κ1) is 17.0. The van der Waals surface area contributed by atoms with Crippen molar-refractivity contribution in [1.29, 1.82) is 0 Å². The molecule has 2 amide bonds. The minimum atomic E-state index is -0.553. The third-order valence-electron chi connectivity index (χ3n) is 3.96. The molecule has 0 unspecified atom stereocenters. The number of ketones is 1. The van der Waals surface area contributed by atoms with Crippen molar-refractivity contribution in [3.8, 4) is 0 Å². The number of rotatable bonds is 5. The van der Waals surface area contributed by atoms with Gasteiger partial charge in [-0.1, -0.05) is 0 Å². The van der Waals surface area contributed by atoms with Crippen molar-refractivity contribution < 1.29 is 19.6 Å². The summed E-state index contributed by atoms with van der Waals surface area (Å²) in [7, 11) is 0. The highest BCUT2D eigenvalue weighted by Gasteiger charge is 2.21. The summed E-state index contributed by atoms with van der Waals surface area (Å²) >= 11 is 0. The van der Waals surface area contributed by atoms with Gasteiger partial charge in [0.2, 0.25) is 11.8 Å². The van der Waals surface area contributed by atoms with E-state index in [1.807, 2.05) is 24.3 Å². The number of hydroxylamine groups is 1. The van der Waals surface area contributed by atoms with Crippen LogP contribution in [0.2, 0.25) is 0 Å². The van der Waals surface area contributed by atoms with Gasteiger partial charge >= 0.3 is 0 Å². The second-order valence-corrected chi connectivity index (χ2v) is 5.51. The molecule has 2 rings (SSSR count). The Labute approximate surface area is 134 Å². The van der Waals surface area contributed by atoms with Crippen molar-refractivity contribution in [2.75, 3.05) is 31.1 Å². The van der Waals surface area contributed by atoms with E-state index in [0.717, 1.165) is 5.69 Å². The highest BCUT2D eigenvalue weighted by Crippen LogP contribution is 2.18. The van der Waals surface area contributed by atoms with E-state index in [1.165, 1.54) is 12.4 Å². The Morgan fingerprint density at radius 3 is 2.17 bits per heavy atom. The molecule has 124 valence electrons. The SMILES string of the molecule is CC(=O)c1ccc(N2CCN(C(=O)CCC(=O)NO)CC2)cc1. The van der Waals surface area contributed by atoms with Crippen LogP contribution < -0.4 is 10.4 Å². The van der Waals surface area contributed by atoms with E-state index in [4.69, 9.17) is 5.21 Å². The summed E-state index contributed by atoms with van der Waals surface area (Å²) < 4.78 is 0. The van der Waals surface area contributed by atoms with Gasteiger partial charge in [0.25, 0.3) is 0 Å². The Bertz CT molecular complexity index is 577. The van der Waals surface area contributed by atoms with Gasteiger partial charge in [0.05, 0.1) is 0 Å². The molecule has 1 heterocycles. The van der Waals surface area contributed by atoms with Crippen molar-refractivity contribution >= 4 is 23.3 Å². The fraction of sp³-hybridized carbons (Fsp3) is 0.438. The van der Waals surface area contributed by atoms with Gasteiger partial charge < -0.3 is 9.80 Å². The zero-order valence-corrected chi connectivity index (χ0v) is 13.1. The topological polar surface area (TPSA) is 90.0 Å². The standard InChI is InChI=1S/C16H21N3O4/c1-12(20)13-2-4-14(5-3-13)18-8-10-19(11-9-18)16(22)7-6-15(21)17-23/h2-5,23H,6-11H2,1H3,(H,17,21). The predicted octanol–water partition coefficient (Wildman–Crippen LogP) is 0.823. The van der Waals surface area contributed by atoms with Crippen LogP contribution in [0.5, 0.6) is 0 Å². The average molecular weight is 319 g/mol. The van der Waals surface area contributed by atoms with Gasteiger partial charge in [-0.2, -0.15) is 0 Å². The maximum atomic E-state index is 12.0. The molecule has 7 heteroatoms. The van der Waals surface area contributed by atoms with Gasteiger partial charge in [0, 0.05) is 50.3 Å². The van der Waals surface area contributed by atoms with Gasteiger partial charge in [-0.05, 0) is 31.2 Å². The Kier molecular flexibility index (Phi) is 5.70. The van der Waals surface area contributed by atoms with Crippen LogP contribution in [0.15, 0.2) is 24.3 Å². The van der Waals surface area contributed by atoms with E-state index in [2.05, 4.69) is 4.90 Å². The fourth-order valence-corrected chi connectivity index (χ4v) is 2.56. The quantitative estimate of drug-likeness (QED) is 0.476. The molecule has 0 bridgehead atoms. The summed E-state index contributed by atoms with van der Waals surface area (Å²) in [5, 5.41) is 8.42. The summed E-state index contributed by atoms with van der Waals surface area (Å²) in [5.41, 5.74) is 3.24. The van der Waals surface area contributed by atoms with E-state index in [1.54, 1.807) is 4.90 Å². The number of benzene rings is 1. The highest BCUT2D eigenvalue weighted by atomic mass is 16.5. The number of piperazine rings is 1. The third kappa shape index (κ3) is 4.53. The molecule has 0 radical (unpaired) electrons. The molecule has 7 nitrogen and oxygen atoms in total. The average Bonchev–Trinajstić information content (AvgIpc) is 2.59.